The lowest BCUT2D eigenvalue weighted by atomic mass is 10.1. The predicted molar refractivity (Wildman–Crippen MR) is 59.2 cm³/mol. The topological polar surface area (TPSA) is 38.4 Å². The van der Waals surface area contributed by atoms with E-state index in [-0.39, 0.29) is 5.82 Å². The van der Waals surface area contributed by atoms with Crippen LogP contribution in [0.4, 0.5) is 4.39 Å². The smallest absolute Gasteiger partial charge is 0.127 e. The molecular weight excluding hydrogens is 199 g/mol. The predicted octanol–water partition coefficient (Wildman–Crippen LogP) is 2.42. The molecule has 2 N–H and O–H groups in total. The third-order valence-corrected chi connectivity index (χ3v) is 2.63. The number of benzene rings is 1. The van der Waals surface area contributed by atoms with Gasteiger partial charge in [0.2, 0.25) is 0 Å². The summed E-state index contributed by atoms with van der Waals surface area (Å²) in [5.74, 6) is 4.80. The molecule has 0 aliphatic heterocycles. The Morgan fingerprint density at radius 1 is 1.57 bits per heavy atom. The second kappa shape index (κ2) is 5.65. The summed E-state index contributed by atoms with van der Waals surface area (Å²) in [6.45, 7) is 0. The highest BCUT2D eigenvalue weighted by atomic mass is 32.2. The van der Waals surface area contributed by atoms with Crippen molar-refractivity contribution in [2.24, 2.45) is 10.9 Å². The zero-order chi connectivity index (χ0) is 10.4. The summed E-state index contributed by atoms with van der Waals surface area (Å²) in [6.07, 6.45) is 4.82. The minimum absolute atomic E-state index is 0.151. The van der Waals surface area contributed by atoms with E-state index in [2.05, 4.69) is 5.10 Å². The van der Waals surface area contributed by atoms with Crippen LogP contribution in [0.2, 0.25) is 0 Å². The molecule has 0 aliphatic carbocycles. The van der Waals surface area contributed by atoms with Gasteiger partial charge in [0.1, 0.15) is 5.82 Å². The van der Waals surface area contributed by atoms with Crippen LogP contribution < -0.4 is 5.84 Å². The van der Waals surface area contributed by atoms with E-state index in [1.165, 1.54) is 11.8 Å². The molecule has 0 spiro atoms. The van der Waals surface area contributed by atoms with Crippen LogP contribution in [0.3, 0.4) is 0 Å². The van der Waals surface area contributed by atoms with Crippen LogP contribution >= 0.6 is 11.8 Å². The fraction of sp³-hybridized carbons (Fsp3) is 0.300. The van der Waals surface area contributed by atoms with Gasteiger partial charge in [0.25, 0.3) is 0 Å². The van der Waals surface area contributed by atoms with Crippen molar-refractivity contribution in [3.05, 3.63) is 29.6 Å². The molecule has 0 unspecified atom stereocenters. The summed E-state index contributed by atoms with van der Waals surface area (Å²) in [7, 11) is 0. The summed E-state index contributed by atoms with van der Waals surface area (Å²) in [6, 6.07) is 5.29. The van der Waals surface area contributed by atoms with Crippen LogP contribution in [0.1, 0.15) is 12.0 Å². The van der Waals surface area contributed by atoms with Gasteiger partial charge < -0.3 is 5.84 Å². The second-order valence-corrected chi connectivity index (χ2v) is 3.71. The maximum atomic E-state index is 13.4. The quantitative estimate of drug-likeness (QED) is 0.360. The van der Waals surface area contributed by atoms with Crippen molar-refractivity contribution in [3.63, 3.8) is 0 Å². The Labute approximate surface area is 87.4 Å². The first-order chi connectivity index (χ1) is 6.77. The van der Waals surface area contributed by atoms with Crippen molar-refractivity contribution in [1.29, 1.82) is 0 Å². The lowest BCUT2D eigenvalue weighted by molar-refractivity contribution is 0.607. The summed E-state index contributed by atoms with van der Waals surface area (Å²) in [4.78, 5) is 0.943. The molecule has 14 heavy (non-hydrogen) atoms. The molecule has 0 fully saturated rings. The van der Waals surface area contributed by atoms with Crippen LogP contribution in [0.5, 0.6) is 0 Å². The number of rotatable bonds is 4. The Morgan fingerprint density at radius 2 is 2.36 bits per heavy atom. The first kappa shape index (κ1) is 11.0. The number of hydrogen-bond donors (Lipinski definition) is 1. The van der Waals surface area contributed by atoms with E-state index in [0.29, 0.717) is 18.4 Å². The lowest BCUT2D eigenvalue weighted by Gasteiger charge is -2.02. The standard InChI is InChI=1S/C10H13FN2S/c1-14-9-5-4-8(10(11)7-9)3-2-6-13-12/h4-7H,2-3,12H2,1H3. The van der Waals surface area contributed by atoms with Gasteiger partial charge in [-0.25, -0.2) is 4.39 Å². The van der Waals surface area contributed by atoms with Gasteiger partial charge >= 0.3 is 0 Å². The largest absolute Gasteiger partial charge is 0.324 e. The third-order valence-electron chi connectivity index (χ3n) is 1.91. The molecular formula is C10H13FN2S. The number of halogens is 1. The minimum atomic E-state index is -0.151. The Hall–Kier alpha value is -1.03. The Balaban J connectivity index is 2.68. The molecule has 0 heterocycles. The molecule has 76 valence electrons. The Bertz CT molecular complexity index is 326. The summed E-state index contributed by atoms with van der Waals surface area (Å²) in [5.41, 5.74) is 0.711. The normalized spacial score (nSPS) is 11.0. The summed E-state index contributed by atoms with van der Waals surface area (Å²) >= 11 is 1.53. The van der Waals surface area contributed by atoms with Gasteiger partial charge in [-0.15, -0.1) is 11.8 Å². The van der Waals surface area contributed by atoms with Crippen molar-refractivity contribution < 1.29 is 4.39 Å². The number of nitrogens with zero attached hydrogens (tertiary/aromatic N) is 1. The molecule has 0 aromatic heterocycles. The molecule has 4 heteroatoms. The number of nitrogens with two attached hydrogens (primary N) is 1. The molecule has 0 radical (unpaired) electrons. The fourth-order valence-corrected chi connectivity index (χ4v) is 1.58. The van der Waals surface area contributed by atoms with Gasteiger partial charge in [0.15, 0.2) is 0 Å². The van der Waals surface area contributed by atoms with Crippen molar-refractivity contribution >= 4 is 18.0 Å². The zero-order valence-corrected chi connectivity index (χ0v) is 8.85. The van der Waals surface area contributed by atoms with Crippen molar-refractivity contribution in [3.8, 4) is 0 Å². The molecule has 0 bridgehead atoms. The van der Waals surface area contributed by atoms with Crippen LogP contribution in [0.25, 0.3) is 0 Å². The van der Waals surface area contributed by atoms with Crippen molar-refractivity contribution in [2.75, 3.05) is 6.26 Å². The molecule has 1 aromatic carbocycles. The average Bonchev–Trinajstić information content (AvgIpc) is 2.20. The number of hydrogen-bond acceptors (Lipinski definition) is 3. The second-order valence-electron chi connectivity index (χ2n) is 2.83. The van der Waals surface area contributed by atoms with Crippen LogP contribution in [-0.2, 0) is 6.42 Å². The lowest BCUT2D eigenvalue weighted by Crippen LogP contribution is -1.93. The van der Waals surface area contributed by atoms with Crippen LogP contribution in [0.15, 0.2) is 28.2 Å². The van der Waals surface area contributed by atoms with Gasteiger partial charge in [-0.1, -0.05) is 6.07 Å². The average molecular weight is 212 g/mol. The van der Waals surface area contributed by atoms with Gasteiger partial charge in [-0.05, 0) is 36.8 Å². The molecule has 0 atom stereocenters. The maximum absolute atomic E-state index is 13.4. The van der Waals surface area contributed by atoms with Crippen LogP contribution in [0, 0.1) is 5.82 Å². The summed E-state index contributed by atoms with van der Waals surface area (Å²) < 4.78 is 13.4. The number of hydrazone groups is 1. The first-order valence-electron chi connectivity index (χ1n) is 4.32. The minimum Gasteiger partial charge on any atom is -0.324 e. The molecule has 1 rings (SSSR count). The van der Waals surface area contributed by atoms with E-state index in [1.807, 2.05) is 18.4 Å². The number of thioether (sulfide) groups is 1. The SMILES string of the molecule is CSc1ccc(CCC=NN)c(F)c1. The van der Waals surface area contributed by atoms with Gasteiger partial charge in [0, 0.05) is 11.1 Å². The molecule has 2 nitrogen and oxygen atoms in total. The van der Waals surface area contributed by atoms with E-state index in [1.54, 1.807) is 12.3 Å². The van der Waals surface area contributed by atoms with E-state index >= 15 is 0 Å². The van der Waals surface area contributed by atoms with E-state index in [4.69, 9.17) is 5.84 Å². The van der Waals surface area contributed by atoms with Gasteiger partial charge in [0.05, 0.1) is 0 Å². The van der Waals surface area contributed by atoms with E-state index < -0.39 is 0 Å². The third kappa shape index (κ3) is 3.03. The van der Waals surface area contributed by atoms with E-state index in [9.17, 15) is 4.39 Å². The highest BCUT2D eigenvalue weighted by Crippen LogP contribution is 2.18. The molecule has 0 saturated heterocycles. The maximum Gasteiger partial charge on any atom is 0.127 e. The Kier molecular flexibility index (Phi) is 4.46. The van der Waals surface area contributed by atoms with Gasteiger partial charge in [-0.2, -0.15) is 5.10 Å². The molecule has 1 aromatic rings. The molecule has 0 saturated carbocycles. The highest BCUT2D eigenvalue weighted by molar-refractivity contribution is 7.98. The first-order valence-corrected chi connectivity index (χ1v) is 5.54. The number of aryl methyl sites for hydroxylation is 1. The summed E-state index contributed by atoms with van der Waals surface area (Å²) in [5, 5.41) is 3.36. The zero-order valence-electron chi connectivity index (χ0n) is 8.03. The van der Waals surface area contributed by atoms with Gasteiger partial charge in [-0.3, -0.25) is 0 Å². The molecule has 0 aliphatic rings. The van der Waals surface area contributed by atoms with E-state index in [0.717, 1.165) is 4.90 Å². The molecule has 0 amide bonds. The Morgan fingerprint density at radius 3 is 2.93 bits per heavy atom. The highest BCUT2D eigenvalue weighted by Gasteiger charge is 2.01. The van der Waals surface area contributed by atoms with Crippen LogP contribution in [-0.4, -0.2) is 12.5 Å². The fourth-order valence-electron chi connectivity index (χ4n) is 1.15. The monoisotopic (exact) mass is 212 g/mol. The van der Waals surface area contributed by atoms with Crippen molar-refractivity contribution in [1.82, 2.24) is 0 Å². The van der Waals surface area contributed by atoms with Crippen molar-refractivity contribution in [2.45, 2.75) is 17.7 Å².